The molecule has 0 amide bonds. The first-order valence-electron chi connectivity index (χ1n) is 7.87. The van der Waals surface area contributed by atoms with Crippen LogP contribution in [0.5, 0.6) is 0 Å². The predicted molar refractivity (Wildman–Crippen MR) is 80.9 cm³/mol. The average molecular weight is 252 g/mol. The monoisotopic (exact) mass is 252 g/mol. The van der Waals surface area contributed by atoms with Crippen molar-refractivity contribution in [1.82, 2.24) is 0 Å². The van der Waals surface area contributed by atoms with Gasteiger partial charge in [0.1, 0.15) is 0 Å². The second-order valence-electron chi connectivity index (χ2n) is 5.45. The van der Waals surface area contributed by atoms with E-state index >= 15 is 0 Å². The van der Waals surface area contributed by atoms with Gasteiger partial charge in [0.25, 0.3) is 0 Å². The number of Topliss-reactive ketones (excluding diaryl/α,β-unsaturated/α-hetero) is 1. The van der Waals surface area contributed by atoms with Crippen LogP contribution in [0.25, 0.3) is 0 Å². The molecule has 0 saturated carbocycles. The highest BCUT2D eigenvalue weighted by Gasteiger charge is 1.99. The third kappa shape index (κ3) is 11.9. The van der Waals surface area contributed by atoms with Gasteiger partial charge in [-0.3, -0.25) is 4.79 Å². The molecule has 0 saturated heterocycles. The van der Waals surface area contributed by atoms with Crippen LogP contribution in [0.4, 0.5) is 0 Å². The van der Waals surface area contributed by atoms with Crippen molar-refractivity contribution < 1.29 is 4.79 Å². The third-order valence-corrected chi connectivity index (χ3v) is 3.58. The minimum atomic E-state index is 0.155. The molecule has 0 atom stereocenters. The molecule has 0 aliphatic rings. The van der Waals surface area contributed by atoms with Crippen molar-refractivity contribution in [2.75, 3.05) is 0 Å². The number of carbonyl (C=O) groups is 1. The quantitative estimate of drug-likeness (QED) is 0.297. The molecule has 1 heteroatoms. The van der Waals surface area contributed by atoms with E-state index in [4.69, 9.17) is 0 Å². The highest BCUT2D eigenvalue weighted by atomic mass is 16.1. The van der Waals surface area contributed by atoms with Crippen molar-refractivity contribution in [3.8, 4) is 0 Å². The summed E-state index contributed by atoms with van der Waals surface area (Å²) in [5.74, 6) is 0.155. The second-order valence-corrected chi connectivity index (χ2v) is 5.45. The molecule has 0 spiro atoms. The first-order valence-corrected chi connectivity index (χ1v) is 7.87. The third-order valence-electron chi connectivity index (χ3n) is 3.58. The Morgan fingerprint density at radius 2 is 1.17 bits per heavy atom. The second kappa shape index (κ2) is 12.9. The van der Waals surface area contributed by atoms with Gasteiger partial charge in [0.05, 0.1) is 0 Å². The zero-order valence-corrected chi connectivity index (χ0v) is 12.6. The normalized spacial score (nSPS) is 10.6. The van der Waals surface area contributed by atoms with Crippen LogP contribution in [0.2, 0.25) is 0 Å². The Labute approximate surface area is 114 Å². The van der Waals surface area contributed by atoms with Gasteiger partial charge in [-0.05, 0) is 25.3 Å². The molecule has 0 unspecified atom stereocenters. The van der Waals surface area contributed by atoms with Gasteiger partial charge in [-0.25, -0.2) is 0 Å². The van der Waals surface area contributed by atoms with Gasteiger partial charge in [0, 0.05) is 0 Å². The van der Waals surface area contributed by atoms with Crippen molar-refractivity contribution in [2.24, 2.45) is 0 Å². The summed E-state index contributed by atoms with van der Waals surface area (Å²) in [7, 11) is 0. The van der Waals surface area contributed by atoms with Crippen molar-refractivity contribution in [2.45, 2.75) is 90.9 Å². The van der Waals surface area contributed by atoms with Crippen LogP contribution in [-0.4, -0.2) is 5.78 Å². The number of carbonyl (C=O) groups excluding carboxylic acids is 1. The first-order chi connectivity index (χ1) is 8.68. The lowest BCUT2D eigenvalue weighted by Gasteiger charge is -2.03. The number of hydrogen-bond donors (Lipinski definition) is 0. The number of hydrogen-bond acceptors (Lipinski definition) is 1. The summed E-state index contributed by atoms with van der Waals surface area (Å²) in [5, 5.41) is 0. The van der Waals surface area contributed by atoms with E-state index in [-0.39, 0.29) is 5.78 Å². The molecule has 0 aromatic carbocycles. The average Bonchev–Trinajstić information content (AvgIpc) is 2.35. The van der Waals surface area contributed by atoms with E-state index in [1.807, 2.05) is 0 Å². The fourth-order valence-corrected chi connectivity index (χ4v) is 2.18. The van der Waals surface area contributed by atoms with Crippen molar-refractivity contribution in [3.05, 3.63) is 12.2 Å². The maximum absolute atomic E-state index is 11.0. The van der Waals surface area contributed by atoms with Crippen LogP contribution in [0.1, 0.15) is 90.9 Å². The van der Waals surface area contributed by atoms with E-state index in [2.05, 4.69) is 13.5 Å². The van der Waals surface area contributed by atoms with Gasteiger partial charge in [-0.2, -0.15) is 0 Å². The largest absolute Gasteiger partial charge is 0.295 e. The van der Waals surface area contributed by atoms with Crippen LogP contribution in [0.3, 0.4) is 0 Å². The first kappa shape index (κ1) is 17.4. The summed E-state index contributed by atoms with van der Waals surface area (Å²) < 4.78 is 0. The lowest BCUT2D eigenvalue weighted by Crippen LogP contribution is -1.94. The van der Waals surface area contributed by atoms with Gasteiger partial charge in [0.2, 0.25) is 0 Å². The molecular weight excluding hydrogens is 220 g/mol. The van der Waals surface area contributed by atoms with Gasteiger partial charge < -0.3 is 0 Å². The Kier molecular flexibility index (Phi) is 12.4. The molecule has 0 aromatic heterocycles. The number of allylic oxidation sites excluding steroid dienone is 1. The fourth-order valence-electron chi connectivity index (χ4n) is 2.18. The summed E-state index contributed by atoms with van der Waals surface area (Å²) in [6, 6.07) is 0. The summed E-state index contributed by atoms with van der Waals surface area (Å²) in [6.45, 7) is 7.66. The van der Waals surface area contributed by atoms with Crippen LogP contribution in [0, 0.1) is 0 Å². The highest BCUT2D eigenvalue weighted by Crippen LogP contribution is 2.13. The number of ketones is 1. The Hall–Kier alpha value is -0.590. The summed E-state index contributed by atoms with van der Waals surface area (Å²) in [6.07, 6.45) is 15.8. The van der Waals surface area contributed by atoms with Gasteiger partial charge in [0.15, 0.2) is 5.78 Å². The summed E-state index contributed by atoms with van der Waals surface area (Å²) >= 11 is 0. The van der Waals surface area contributed by atoms with Gasteiger partial charge >= 0.3 is 0 Å². The minimum absolute atomic E-state index is 0.155. The molecule has 0 rings (SSSR count). The predicted octanol–water partition coefficient (Wildman–Crippen LogP) is 5.83. The molecule has 0 bridgehead atoms. The minimum Gasteiger partial charge on any atom is -0.295 e. The van der Waals surface area contributed by atoms with Gasteiger partial charge in [-0.1, -0.05) is 77.7 Å². The smallest absolute Gasteiger partial charge is 0.155 e. The number of rotatable bonds is 13. The molecule has 1 nitrogen and oxygen atoms in total. The van der Waals surface area contributed by atoms with Crippen LogP contribution in [-0.2, 0) is 4.79 Å². The standard InChI is InChI=1S/C17H32O/c1-4-5-6-7-8-9-10-11-12-13-14-15-16(2)17(3)18/h2,4-15H2,1,3H3. The van der Waals surface area contributed by atoms with Crippen molar-refractivity contribution >= 4 is 5.78 Å². The Morgan fingerprint density at radius 3 is 1.56 bits per heavy atom. The van der Waals surface area contributed by atoms with Crippen LogP contribution < -0.4 is 0 Å². The zero-order chi connectivity index (χ0) is 13.6. The van der Waals surface area contributed by atoms with Gasteiger partial charge in [-0.15, -0.1) is 0 Å². The van der Waals surface area contributed by atoms with Crippen molar-refractivity contribution in [3.63, 3.8) is 0 Å². The molecule has 18 heavy (non-hydrogen) atoms. The van der Waals surface area contributed by atoms with E-state index < -0.39 is 0 Å². The molecule has 0 aliphatic heterocycles. The molecule has 0 heterocycles. The topological polar surface area (TPSA) is 17.1 Å². The molecule has 0 aromatic rings. The molecule has 0 fully saturated rings. The molecule has 0 radical (unpaired) electrons. The highest BCUT2D eigenvalue weighted by molar-refractivity contribution is 5.92. The van der Waals surface area contributed by atoms with Crippen LogP contribution in [0.15, 0.2) is 12.2 Å². The summed E-state index contributed by atoms with van der Waals surface area (Å²) in [4.78, 5) is 11.0. The van der Waals surface area contributed by atoms with Crippen LogP contribution >= 0.6 is 0 Å². The molecule has 106 valence electrons. The Morgan fingerprint density at radius 1 is 0.778 bits per heavy atom. The molecule has 0 N–H and O–H groups in total. The molecule has 0 aliphatic carbocycles. The lowest BCUT2D eigenvalue weighted by molar-refractivity contribution is -0.113. The fraction of sp³-hybridized carbons (Fsp3) is 0.824. The zero-order valence-electron chi connectivity index (χ0n) is 12.6. The van der Waals surface area contributed by atoms with E-state index in [1.54, 1.807) is 6.92 Å². The SMILES string of the molecule is C=C(CCCCCCCCCCCCC)C(C)=O. The van der Waals surface area contributed by atoms with Crippen molar-refractivity contribution in [1.29, 1.82) is 0 Å². The summed E-state index contributed by atoms with van der Waals surface area (Å²) in [5.41, 5.74) is 0.797. The number of unbranched alkanes of at least 4 members (excludes halogenated alkanes) is 10. The maximum Gasteiger partial charge on any atom is 0.155 e. The van der Waals surface area contributed by atoms with E-state index in [1.165, 1.54) is 64.2 Å². The Balaban J connectivity index is 3.07. The maximum atomic E-state index is 11.0. The van der Waals surface area contributed by atoms with E-state index in [0.717, 1.165) is 18.4 Å². The molecular formula is C17H32O. The van der Waals surface area contributed by atoms with E-state index in [9.17, 15) is 4.79 Å². The van der Waals surface area contributed by atoms with E-state index in [0.29, 0.717) is 0 Å². The Bertz CT molecular complexity index is 218. The lowest BCUT2D eigenvalue weighted by atomic mass is 10.0.